The zero-order valence-electron chi connectivity index (χ0n) is 20.0. The van der Waals surface area contributed by atoms with Gasteiger partial charge in [0.25, 0.3) is 0 Å². The molecule has 43 heavy (non-hydrogen) atoms. The van der Waals surface area contributed by atoms with Gasteiger partial charge in [-0.05, 0) is 0 Å². The van der Waals surface area contributed by atoms with E-state index in [1.165, 1.54) is 0 Å². The molecule has 0 saturated heterocycles. The Balaban J connectivity index is -0.0000000158. The fraction of sp³-hybridized carbons (Fsp3) is 0. The van der Waals surface area contributed by atoms with Crippen molar-refractivity contribution in [2.24, 2.45) is 0 Å². The van der Waals surface area contributed by atoms with E-state index in [4.69, 9.17) is 121 Å². The molecule has 0 aromatic carbocycles. The van der Waals surface area contributed by atoms with Crippen LogP contribution in [0, 0.1) is 0 Å². The molecule has 0 saturated carbocycles. The van der Waals surface area contributed by atoms with Crippen LogP contribution in [0.25, 0.3) is 0 Å². The molecule has 0 rings (SSSR count). The maximum atomic E-state index is 8.52. The number of hydrogen-bond donors (Lipinski definition) is 0. The Labute approximate surface area is 466 Å². The standard InChI is InChI=1S/2Al.7Ca.6H2O4S.4O/c;;;;;;;;;6*1-5(2,3)4;;;;/h;;;;;;;;;6*(H2,1,2,3,4);;;;/q;;7*+2;;;;;;;;;2*-1/p-12. The van der Waals surface area contributed by atoms with Gasteiger partial charge in [0.2, 0.25) is 0 Å². The molecule has 0 radical (unpaired) electrons. The van der Waals surface area contributed by atoms with Crippen LogP contribution in [0.5, 0.6) is 0 Å². The van der Waals surface area contributed by atoms with Crippen molar-refractivity contribution in [3.63, 3.8) is 0 Å². The van der Waals surface area contributed by atoms with E-state index in [9.17, 15) is 0 Å². The number of hydrogen-bond acceptors (Lipinski definition) is 28. The van der Waals surface area contributed by atoms with Crippen molar-refractivity contribution < 1.29 is 121 Å². The zero-order chi connectivity index (χ0) is 32.4. The van der Waals surface area contributed by atoms with Gasteiger partial charge in [0.15, 0.2) is 0 Å². The summed E-state index contributed by atoms with van der Waals surface area (Å²) in [6.07, 6.45) is 0. The Morgan fingerprint density at radius 3 is 0.256 bits per heavy atom. The first kappa shape index (κ1) is 98.5. The van der Waals surface area contributed by atoms with Gasteiger partial charge in [-0.15, -0.1) is 0 Å². The van der Waals surface area contributed by atoms with Crippen molar-refractivity contribution in [1.82, 2.24) is 0 Å². The molecule has 0 N–H and O–H groups in total. The molecule has 28 nitrogen and oxygen atoms in total. The minimum atomic E-state index is -5.17. The van der Waals surface area contributed by atoms with E-state index in [-0.39, 0.29) is 264 Å². The summed E-state index contributed by atoms with van der Waals surface area (Å²) in [5, 5.41) is 0. The first-order chi connectivity index (χ1) is 14.8. The average molecular weight is 975 g/mol. The van der Waals surface area contributed by atoms with E-state index in [0.717, 1.165) is 0 Å². The molecule has 0 fully saturated rings. The molecule has 0 aromatic heterocycles. The molecule has 0 atom stereocenters. The van der Waals surface area contributed by atoms with Gasteiger partial charge in [-0.2, -0.15) is 0 Å². The predicted molar refractivity (Wildman–Crippen MR) is 116 cm³/mol. The molecule has 0 unspecified atom stereocenters. The first-order valence-electron chi connectivity index (χ1n) is 4.94. The molecule has 0 bridgehead atoms. The van der Waals surface area contributed by atoms with E-state index in [2.05, 4.69) is 0 Å². The molecular weight excluding hydrogens is 975 g/mol. The van der Waals surface area contributed by atoms with Crippen LogP contribution in [0.3, 0.4) is 0 Å². The van der Waals surface area contributed by atoms with Crippen molar-refractivity contribution in [2.75, 3.05) is 0 Å². The predicted octanol–water partition coefficient (Wildman–Crippen LogP) is -14.1. The van der Waals surface area contributed by atoms with Crippen molar-refractivity contribution in [2.45, 2.75) is 0 Å². The Morgan fingerprint density at radius 2 is 0.256 bits per heavy atom. The van der Waals surface area contributed by atoms with Gasteiger partial charge in [0.1, 0.15) is 0 Å². The molecule has 224 valence electrons. The van der Waals surface area contributed by atoms with Crippen molar-refractivity contribution in [3.05, 3.63) is 0 Å². The van der Waals surface area contributed by atoms with Crippen LogP contribution in [0.1, 0.15) is 0 Å². The van der Waals surface area contributed by atoms with Crippen LogP contribution in [-0.4, -0.2) is 400 Å². The molecule has 0 aliphatic heterocycles. The minimum absolute atomic E-state index is 0. The molecular formula is Al2Ca7O28S6. The fourth-order valence-corrected chi connectivity index (χ4v) is 0. The van der Waals surface area contributed by atoms with Crippen molar-refractivity contribution in [1.29, 1.82) is 0 Å². The van der Waals surface area contributed by atoms with Gasteiger partial charge in [-0.1, -0.05) is 0 Å². The Bertz CT molecular complexity index is 879. The maximum absolute atomic E-state index is 8.52. The molecule has 0 aromatic rings. The van der Waals surface area contributed by atoms with Crippen LogP contribution >= 0.6 is 0 Å². The molecule has 0 amide bonds. The first-order valence-corrected chi connectivity index (χ1v) is 14.8. The summed E-state index contributed by atoms with van der Waals surface area (Å²) in [6.45, 7) is 0. The topological polar surface area (TPSA) is 562 Å². The molecule has 0 heterocycles. The SMILES string of the molecule is O=S(=O)([O-])[O-].O=S(=O)([O-])[O-].O=S(=O)([O-])[O-].O=S(=O)([O-])[O-].O=S(=O)([O-])[O-].O=S(=O)([O-])[O-].[Ca+2].[Ca+2].[Ca+2].[Ca+2].[Ca+2].[Ca+2].[Ca+2].[O]=[Al][O-].[O]=[Al][O-]. The Kier molecular flexibility index (Phi) is 131. The zero-order valence-corrected chi connectivity index (χ0v) is 42.7. The molecule has 0 aliphatic carbocycles. The second kappa shape index (κ2) is 57.0. The average Bonchev–Trinajstić information content (AvgIpc) is 2.25. The van der Waals surface area contributed by atoms with Gasteiger partial charge >= 0.3 is 311 Å². The summed E-state index contributed by atoms with van der Waals surface area (Å²) in [6, 6.07) is 0. The van der Waals surface area contributed by atoms with E-state index in [1.807, 2.05) is 0 Å². The van der Waals surface area contributed by atoms with Gasteiger partial charge in [-0.3, -0.25) is 50.5 Å². The summed E-state index contributed by atoms with van der Waals surface area (Å²) in [4.78, 5) is 0. The monoisotopic (exact) mass is 973 g/mol. The quantitative estimate of drug-likeness (QED) is 0.124. The van der Waals surface area contributed by atoms with E-state index >= 15 is 0 Å². The van der Waals surface area contributed by atoms with Crippen LogP contribution in [0.2, 0.25) is 0 Å². The fourth-order valence-electron chi connectivity index (χ4n) is 0. The molecule has 43 heteroatoms. The second-order valence-corrected chi connectivity index (χ2v) is 7.93. The Morgan fingerprint density at radius 1 is 0.256 bits per heavy atom. The van der Waals surface area contributed by atoms with Crippen LogP contribution in [0.15, 0.2) is 0 Å². The normalized spacial score (nSPS) is 8.47. The number of rotatable bonds is 0. The van der Waals surface area contributed by atoms with Crippen molar-refractivity contribution >= 4 is 358 Å². The van der Waals surface area contributed by atoms with Gasteiger partial charge in [0, 0.05) is 62.4 Å². The van der Waals surface area contributed by atoms with E-state index in [0.29, 0.717) is 0 Å². The summed E-state index contributed by atoms with van der Waals surface area (Å²) < 4.78 is 238. The summed E-state index contributed by atoms with van der Waals surface area (Å²) in [5.74, 6) is 0. The third-order valence-corrected chi connectivity index (χ3v) is 0. The van der Waals surface area contributed by atoms with E-state index < -0.39 is 93.4 Å². The van der Waals surface area contributed by atoms with Crippen LogP contribution in [-0.2, 0) is 70.0 Å². The van der Waals surface area contributed by atoms with Gasteiger partial charge in [0.05, 0.1) is 0 Å². The molecule has 0 aliphatic rings. The van der Waals surface area contributed by atoms with Crippen molar-refractivity contribution in [3.8, 4) is 0 Å². The van der Waals surface area contributed by atoms with Crippen LogP contribution < -0.4 is 8.32 Å². The van der Waals surface area contributed by atoms with Crippen LogP contribution in [0.4, 0.5) is 0 Å². The molecule has 0 spiro atoms. The van der Waals surface area contributed by atoms with E-state index in [1.54, 1.807) is 0 Å². The Hall–Kier alpha value is 8.30. The summed E-state index contributed by atoms with van der Waals surface area (Å²) in [5.41, 5.74) is 0. The second-order valence-electron chi connectivity index (χ2n) is 2.64. The summed E-state index contributed by atoms with van der Waals surface area (Å²) in [7, 11) is -31.0. The third-order valence-electron chi connectivity index (χ3n) is 0. The van der Waals surface area contributed by atoms with Gasteiger partial charge in [-0.25, -0.2) is 0 Å². The van der Waals surface area contributed by atoms with Gasteiger partial charge < -0.3 is 54.6 Å². The third kappa shape index (κ3) is 1700. The summed E-state index contributed by atoms with van der Waals surface area (Å²) >= 11 is -3.50.